The predicted molar refractivity (Wildman–Crippen MR) is 74.7 cm³/mol. The number of hydrogen-bond donors (Lipinski definition) is 0. The summed E-state index contributed by atoms with van der Waals surface area (Å²) in [6.07, 6.45) is 5.07. The number of carbonyl (C=O) groups is 1. The summed E-state index contributed by atoms with van der Waals surface area (Å²) in [5.74, 6) is 0.516. The first-order valence-electron chi connectivity index (χ1n) is 6.78. The van der Waals surface area contributed by atoms with Gasteiger partial charge in [0.1, 0.15) is 6.29 Å². The van der Waals surface area contributed by atoms with E-state index in [4.69, 9.17) is 4.43 Å². The highest BCUT2D eigenvalue weighted by Crippen LogP contribution is 2.47. The standard InChI is InChI=1S/C14H28O2Si/c1-12-8-7-9-14(12,10-11-15)16-17(5,6)13(2,3)4/h11-12H,7-10H2,1-6H3. The van der Waals surface area contributed by atoms with Crippen LogP contribution in [0.5, 0.6) is 0 Å². The summed E-state index contributed by atoms with van der Waals surface area (Å²) in [5.41, 5.74) is -0.162. The number of carbonyl (C=O) groups excluding carboxylic acids is 1. The van der Waals surface area contributed by atoms with Crippen LogP contribution in [0.2, 0.25) is 18.1 Å². The van der Waals surface area contributed by atoms with Gasteiger partial charge >= 0.3 is 0 Å². The molecule has 1 rings (SSSR count). The molecule has 2 nitrogen and oxygen atoms in total. The van der Waals surface area contributed by atoms with Crippen LogP contribution in [0, 0.1) is 5.92 Å². The zero-order chi connectivity index (χ0) is 13.3. The fourth-order valence-corrected chi connectivity index (χ4v) is 4.22. The average molecular weight is 256 g/mol. The minimum atomic E-state index is -1.78. The van der Waals surface area contributed by atoms with Gasteiger partial charge in [0, 0.05) is 6.42 Å². The van der Waals surface area contributed by atoms with Gasteiger partial charge < -0.3 is 9.22 Å². The van der Waals surface area contributed by atoms with Crippen LogP contribution in [-0.2, 0) is 9.22 Å². The Morgan fingerprint density at radius 1 is 1.41 bits per heavy atom. The van der Waals surface area contributed by atoms with Crippen LogP contribution in [0.1, 0.15) is 53.4 Å². The van der Waals surface area contributed by atoms with Crippen molar-refractivity contribution in [3.8, 4) is 0 Å². The summed E-state index contributed by atoms with van der Waals surface area (Å²) in [5, 5.41) is 0.213. The lowest BCUT2D eigenvalue weighted by atomic mass is 9.90. The van der Waals surface area contributed by atoms with Gasteiger partial charge in [-0.15, -0.1) is 0 Å². The Kier molecular flexibility index (Phi) is 4.25. The topological polar surface area (TPSA) is 26.3 Å². The molecule has 0 radical (unpaired) electrons. The fourth-order valence-electron chi connectivity index (χ4n) is 2.52. The zero-order valence-corrected chi connectivity index (χ0v) is 13.3. The van der Waals surface area contributed by atoms with Gasteiger partial charge in [0.2, 0.25) is 0 Å². The van der Waals surface area contributed by atoms with Crippen LogP contribution in [0.25, 0.3) is 0 Å². The molecule has 0 heterocycles. The highest BCUT2D eigenvalue weighted by atomic mass is 28.4. The van der Waals surface area contributed by atoms with Gasteiger partial charge in [0.05, 0.1) is 5.60 Å². The molecule has 100 valence electrons. The average Bonchev–Trinajstić information content (AvgIpc) is 2.46. The van der Waals surface area contributed by atoms with Crippen molar-refractivity contribution in [2.24, 2.45) is 5.92 Å². The van der Waals surface area contributed by atoms with Crippen molar-refractivity contribution in [2.75, 3.05) is 0 Å². The summed E-state index contributed by atoms with van der Waals surface area (Å²) in [6, 6.07) is 0. The minimum absolute atomic E-state index is 0.162. The van der Waals surface area contributed by atoms with E-state index in [1.165, 1.54) is 12.8 Å². The van der Waals surface area contributed by atoms with Gasteiger partial charge in [-0.1, -0.05) is 34.1 Å². The van der Waals surface area contributed by atoms with E-state index in [1.54, 1.807) is 0 Å². The van der Waals surface area contributed by atoms with E-state index in [-0.39, 0.29) is 10.6 Å². The molecule has 17 heavy (non-hydrogen) atoms. The second-order valence-electron chi connectivity index (χ2n) is 7.09. The smallest absolute Gasteiger partial charge is 0.192 e. The third-order valence-electron chi connectivity index (χ3n) is 4.83. The molecule has 0 aromatic rings. The van der Waals surface area contributed by atoms with Gasteiger partial charge in [0.15, 0.2) is 8.32 Å². The zero-order valence-electron chi connectivity index (χ0n) is 12.3. The largest absolute Gasteiger partial charge is 0.411 e. The van der Waals surface area contributed by atoms with E-state index in [2.05, 4.69) is 40.8 Å². The van der Waals surface area contributed by atoms with Crippen molar-refractivity contribution in [2.45, 2.75) is 77.1 Å². The highest BCUT2D eigenvalue weighted by Gasteiger charge is 2.48. The van der Waals surface area contributed by atoms with Crippen LogP contribution >= 0.6 is 0 Å². The van der Waals surface area contributed by atoms with Crippen LogP contribution in [0.4, 0.5) is 0 Å². The Hall–Kier alpha value is -0.153. The molecule has 3 heteroatoms. The quantitative estimate of drug-likeness (QED) is 0.558. The van der Waals surface area contributed by atoms with Gasteiger partial charge in [0.25, 0.3) is 0 Å². The van der Waals surface area contributed by atoms with Crippen LogP contribution < -0.4 is 0 Å². The van der Waals surface area contributed by atoms with Gasteiger partial charge in [-0.05, 0) is 36.9 Å². The van der Waals surface area contributed by atoms with Crippen LogP contribution in [0.15, 0.2) is 0 Å². The lowest BCUT2D eigenvalue weighted by molar-refractivity contribution is -0.112. The summed E-state index contributed by atoms with van der Waals surface area (Å²) >= 11 is 0. The molecule has 1 aliphatic carbocycles. The first-order valence-corrected chi connectivity index (χ1v) is 9.69. The van der Waals surface area contributed by atoms with E-state index in [0.29, 0.717) is 12.3 Å². The van der Waals surface area contributed by atoms with Gasteiger partial charge in [-0.3, -0.25) is 0 Å². The summed E-state index contributed by atoms with van der Waals surface area (Å²) in [7, 11) is -1.78. The maximum absolute atomic E-state index is 11.0. The van der Waals surface area contributed by atoms with E-state index in [0.717, 1.165) is 12.7 Å². The maximum Gasteiger partial charge on any atom is 0.192 e. The second-order valence-corrected chi connectivity index (χ2v) is 11.8. The molecule has 2 atom stereocenters. The van der Waals surface area contributed by atoms with Crippen molar-refractivity contribution < 1.29 is 9.22 Å². The maximum atomic E-state index is 11.0. The lowest BCUT2D eigenvalue weighted by Crippen LogP contribution is -2.51. The molecule has 1 aliphatic rings. The Balaban J connectivity index is 2.91. The molecule has 2 unspecified atom stereocenters. The highest BCUT2D eigenvalue weighted by molar-refractivity contribution is 6.74. The molecule has 0 spiro atoms. The first-order chi connectivity index (χ1) is 7.65. The molecular weight excluding hydrogens is 228 g/mol. The van der Waals surface area contributed by atoms with E-state index in [9.17, 15) is 4.79 Å². The van der Waals surface area contributed by atoms with Crippen molar-refractivity contribution >= 4 is 14.6 Å². The van der Waals surface area contributed by atoms with Gasteiger partial charge in [-0.2, -0.15) is 0 Å². The molecule has 0 bridgehead atoms. The number of aldehydes is 1. The van der Waals surface area contributed by atoms with Crippen molar-refractivity contribution in [3.63, 3.8) is 0 Å². The molecule has 0 aromatic heterocycles. The SMILES string of the molecule is CC1CCCC1(CC=O)O[Si](C)(C)C(C)(C)C. The van der Waals surface area contributed by atoms with E-state index < -0.39 is 8.32 Å². The summed E-state index contributed by atoms with van der Waals surface area (Å²) in [4.78, 5) is 11.0. The lowest BCUT2D eigenvalue weighted by Gasteiger charge is -2.45. The minimum Gasteiger partial charge on any atom is -0.411 e. The van der Waals surface area contributed by atoms with Crippen LogP contribution in [0.3, 0.4) is 0 Å². The molecule has 0 aliphatic heterocycles. The third-order valence-corrected chi connectivity index (χ3v) is 9.36. The first kappa shape index (κ1) is 14.9. The van der Waals surface area contributed by atoms with Crippen molar-refractivity contribution in [1.82, 2.24) is 0 Å². The molecule has 0 aromatic carbocycles. The Labute approximate surface area is 107 Å². The van der Waals surface area contributed by atoms with Crippen molar-refractivity contribution in [1.29, 1.82) is 0 Å². The summed E-state index contributed by atoms with van der Waals surface area (Å²) in [6.45, 7) is 13.6. The van der Waals surface area contributed by atoms with Crippen LogP contribution in [-0.4, -0.2) is 20.2 Å². The number of hydrogen-bond acceptors (Lipinski definition) is 2. The van der Waals surface area contributed by atoms with Gasteiger partial charge in [-0.25, -0.2) is 0 Å². The Morgan fingerprint density at radius 2 is 2.00 bits per heavy atom. The van der Waals surface area contributed by atoms with E-state index >= 15 is 0 Å². The molecular formula is C14H28O2Si. The summed E-state index contributed by atoms with van der Waals surface area (Å²) < 4.78 is 6.61. The second kappa shape index (κ2) is 4.85. The van der Waals surface area contributed by atoms with E-state index in [1.807, 2.05) is 0 Å². The molecule has 1 fully saturated rings. The monoisotopic (exact) mass is 256 g/mol. The number of rotatable bonds is 4. The Bertz CT molecular complexity index is 280. The predicted octanol–water partition coefficient (Wildman–Crippen LogP) is 4.16. The molecule has 1 saturated carbocycles. The van der Waals surface area contributed by atoms with Crippen molar-refractivity contribution in [3.05, 3.63) is 0 Å². The normalized spacial score (nSPS) is 30.6. The fraction of sp³-hybridized carbons (Fsp3) is 0.929. The molecule has 0 N–H and O–H groups in total. The molecule has 0 amide bonds. The third kappa shape index (κ3) is 3.00. The Morgan fingerprint density at radius 3 is 2.35 bits per heavy atom. The molecule has 0 saturated heterocycles.